The summed E-state index contributed by atoms with van der Waals surface area (Å²) in [5.74, 6) is 1.81. The number of hydrogen-bond donors (Lipinski definition) is 0. The monoisotopic (exact) mass is 377 g/mol. The van der Waals surface area contributed by atoms with Crippen molar-refractivity contribution in [2.75, 3.05) is 0 Å². The third kappa shape index (κ3) is 5.40. The van der Waals surface area contributed by atoms with Crippen molar-refractivity contribution in [3.05, 3.63) is 11.5 Å². The van der Waals surface area contributed by atoms with Gasteiger partial charge in [0.2, 0.25) is 0 Å². The molecule has 0 spiro atoms. The standard InChI is InChI=1S/C21H40BNO2Si/c1-16(2)23(17(3)4)21(24)25-20(26(5,6)7)14-15-22-18-10-8-11-19(22)13-9-12-18/h14,16-19H,8-13,15H2,1-7H3/b20-14+. The fourth-order valence-corrected chi connectivity index (χ4v) is 6.23. The minimum Gasteiger partial charge on any atom is -0.420 e. The number of hydrogen-bond acceptors (Lipinski definition) is 2. The molecule has 2 aliphatic heterocycles. The number of carbonyl (C=O) groups is 1. The molecular weight excluding hydrogens is 337 g/mol. The van der Waals surface area contributed by atoms with Gasteiger partial charge >= 0.3 is 6.09 Å². The van der Waals surface area contributed by atoms with E-state index in [1.54, 1.807) is 0 Å². The summed E-state index contributed by atoms with van der Waals surface area (Å²) in [5, 5.41) is 0.984. The summed E-state index contributed by atoms with van der Waals surface area (Å²) in [6.45, 7) is 15.9. The smallest absolute Gasteiger partial charge is 0.414 e. The van der Waals surface area contributed by atoms with Crippen molar-refractivity contribution in [3.63, 3.8) is 0 Å². The van der Waals surface area contributed by atoms with E-state index in [9.17, 15) is 4.79 Å². The van der Waals surface area contributed by atoms with E-state index in [1.165, 1.54) is 38.5 Å². The lowest BCUT2D eigenvalue weighted by Gasteiger charge is -2.40. The highest BCUT2D eigenvalue weighted by molar-refractivity contribution is 6.82. The summed E-state index contributed by atoms with van der Waals surface area (Å²) in [4.78, 5) is 14.7. The zero-order valence-electron chi connectivity index (χ0n) is 18.2. The maximum Gasteiger partial charge on any atom is 0.414 e. The quantitative estimate of drug-likeness (QED) is 0.385. The predicted molar refractivity (Wildman–Crippen MR) is 116 cm³/mol. The van der Waals surface area contributed by atoms with E-state index in [1.807, 2.05) is 4.90 Å². The Hall–Kier alpha value is -0.708. The number of allylic oxidation sites excluding steroid dienone is 1. The molecule has 0 aromatic rings. The molecule has 2 fully saturated rings. The van der Waals surface area contributed by atoms with Gasteiger partial charge < -0.3 is 9.64 Å². The Kier molecular flexibility index (Phi) is 7.46. The van der Waals surface area contributed by atoms with E-state index in [-0.39, 0.29) is 18.2 Å². The molecule has 0 saturated carbocycles. The number of nitrogens with zero attached hydrogens (tertiary/aromatic N) is 1. The zero-order chi connectivity index (χ0) is 19.5. The van der Waals surface area contributed by atoms with E-state index in [0.717, 1.165) is 30.0 Å². The normalized spacial score (nSPS) is 24.2. The molecule has 0 aromatic heterocycles. The first-order chi connectivity index (χ1) is 12.1. The summed E-state index contributed by atoms with van der Waals surface area (Å²) < 4.78 is 6.02. The van der Waals surface area contributed by atoms with Crippen LogP contribution >= 0.6 is 0 Å². The third-order valence-electron chi connectivity index (χ3n) is 6.35. The van der Waals surface area contributed by atoms with Gasteiger partial charge in [0, 0.05) is 12.1 Å². The molecule has 5 heteroatoms. The SMILES string of the molecule is CC(C)N(C(=O)O/C(=C\CB1C2CCCC1CCC2)[Si](C)(C)C)C(C)C. The Balaban J connectivity index is 2.12. The second-order valence-electron chi connectivity index (χ2n) is 10.1. The molecule has 0 N–H and O–H groups in total. The van der Waals surface area contributed by atoms with Gasteiger partial charge in [-0.25, -0.2) is 4.79 Å². The van der Waals surface area contributed by atoms with Gasteiger partial charge in [-0.1, -0.05) is 82.2 Å². The summed E-state index contributed by atoms with van der Waals surface area (Å²) >= 11 is 0. The molecule has 2 saturated heterocycles. The molecule has 3 nitrogen and oxygen atoms in total. The molecule has 0 radical (unpaired) electrons. The van der Waals surface area contributed by atoms with Gasteiger partial charge in [0.1, 0.15) is 14.8 Å². The first-order valence-electron chi connectivity index (χ1n) is 10.8. The summed E-state index contributed by atoms with van der Waals surface area (Å²) in [5.41, 5.74) is 0. The highest BCUT2D eigenvalue weighted by atomic mass is 28.3. The minimum atomic E-state index is -1.69. The van der Waals surface area contributed by atoms with E-state index in [4.69, 9.17) is 4.74 Å². The van der Waals surface area contributed by atoms with Crippen LogP contribution in [0.1, 0.15) is 66.2 Å². The molecule has 0 aliphatic carbocycles. The van der Waals surface area contributed by atoms with E-state index >= 15 is 0 Å². The summed E-state index contributed by atoms with van der Waals surface area (Å²) in [6.07, 6.45) is 11.7. The lowest BCUT2D eigenvalue weighted by atomic mass is 9.26. The van der Waals surface area contributed by atoms with Gasteiger partial charge in [0.25, 0.3) is 0 Å². The number of ether oxygens (including phenoxy) is 1. The van der Waals surface area contributed by atoms with Crippen molar-refractivity contribution in [2.24, 2.45) is 0 Å². The van der Waals surface area contributed by atoms with Crippen LogP contribution in [0.3, 0.4) is 0 Å². The summed E-state index contributed by atoms with van der Waals surface area (Å²) in [7, 11) is -1.69. The van der Waals surface area contributed by atoms with Gasteiger partial charge in [-0.05, 0) is 27.7 Å². The number of carbonyl (C=O) groups excluding carboxylic acids is 1. The third-order valence-corrected chi connectivity index (χ3v) is 8.13. The van der Waals surface area contributed by atoms with Crippen LogP contribution in [-0.2, 0) is 4.74 Å². The fraction of sp³-hybridized carbons (Fsp3) is 0.857. The van der Waals surface area contributed by atoms with Gasteiger partial charge in [0.05, 0.1) is 5.38 Å². The van der Waals surface area contributed by atoms with Crippen LogP contribution in [0, 0.1) is 0 Å². The number of rotatable bonds is 6. The van der Waals surface area contributed by atoms with Crippen molar-refractivity contribution >= 4 is 20.9 Å². The molecule has 2 rings (SSSR count). The van der Waals surface area contributed by atoms with E-state index in [2.05, 4.69) is 53.4 Å². The Labute approximate surface area is 163 Å². The van der Waals surface area contributed by atoms with Crippen molar-refractivity contribution in [1.82, 2.24) is 4.90 Å². The second kappa shape index (κ2) is 8.99. The zero-order valence-corrected chi connectivity index (χ0v) is 19.2. The fourth-order valence-electron chi connectivity index (χ4n) is 5.11. The Morgan fingerprint density at radius 2 is 1.50 bits per heavy atom. The largest absolute Gasteiger partial charge is 0.420 e. The summed E-state index contributed by atoms with van der Waals surface area (Å²) in [6, 6.07) is 0.311. The van der Waals surface area contributed by atoms with Crippen molar-refractivity contribution in [2.45, 2.75) is 116 Å². The van der Waals surface area contributed by atoms with Gasteiger partial charge in [-0.2, -0.15) is 0 Å². The first kappa shape index (κ1) is 21.6. The van der Waals surface area contributed by atoms with E-state index < -0.39 is 8.07 Å². The van der Waals surface area contributed by atoms with Crippen LogP contribution in [0.2, 0.25) is 37.6 Å². The molecule has 0 atom stereocenters. The highest BCUT2D eigenvalue weighted by Gasteiger charge is 2.38. The molecule has 2 aliphatic rings. The second-order valence-corrected chi connectivity index (χ2v) is 15.1. The predicted octanol–water partition coefficient (Wildman–Crippen LogP) is 6.61. The number of amides is 1. The molecular formula is C21H40BNO2Si. The molecule has 1 amide bonds. The van der Waals surface area contributed by atoms with Crippen LogP contribution in [0.25, 0.3) is 0 Å². The Morgan fingerprint density at radius 3 is 1.88 bits per heavy atom. The average molecular weight is 377 g/mol. The van der Waals surface area contributed by atoms with Gasteiger partial charge in [-0.3, -0.25) is 0 Å². The molecule has 2 bridgehead atoms. The van der Waals surface area contributed by atoms with Crippen molar-refractivity contribution in [3.8, 4) is 0 Å². The van der Waals surface area contributed by atoms with E-state index in [0.29, 0.717) is 0 Å². The molecule has 148 valence electrons. The van der Waals surface area contributed by atoms with Crippen LogP contribution in [0.5, 0.6) is 0 Å². The Morgan fingerprint density at radius 1 is 1.04 bits per heavy atom. The van der Waals surface area contributed by atoms with Crippen molar-refractivity contribution in [1.29, 1.82) is 0 Å². The topological polar surface area (TPSA) is 29.5 Å². The lowest BCUT2D eigenvalue weighted by molar-refractivity contribution is 0.105. The highest BCUT2D eigenvalue weighted by Crippen LogP contribution is 2.48. The molecule has 2 heterocycles. The maximum atomic E-state index is 12.8. The van der Waals surface area contributed by atoms with Crippen LogP contribution in [0.15, 0.2) is 11.5 Å². The van der Waals surface area contributed by atoms with Gasteiger partial charge in [0.15, 0.2) is 0 Å². The maximum absolute atomic E-state index is 12.8. The molecule has 26 heavy (non-hydrogen) atoms. The van der Waals surface area contributed by atoms with Crippen LogP contribution in [-0.4, -0.2) is 37.9 Å². The van der Waals surface area contributed by atoms with Crippen molar-refractivity contribution < 1.29 is 9.53 Å². The minimum absolute atomic E-state index is 0.156. The molecule has 0 aromatic carbocycles. The first-order valence-corrected chi connectivity index (χ1v) is 14.3. The Bertz CT molecular complexity index is 483. The number of fused-ring (bicyclic) bond motifs is 2. The van der Waals surface area contributed by atoms with Crippen LogP contribution in [0.4, 0.5) is 4.79 Å². The molecule has 0 unspecified atom stereocenters. The lowest BCUT2D eigenvalue weighted by Crippen LogP contribution is -2.43. The van der Waals surface area contributed by atoms with Crippen LogP contribution < -0.4 is 0 Å². The van der Waals surface area contributed by atoms with Gasteiger partial charge in [-0.15, -0.1) is 0 Å². The average Bonchev–Trinajstić information content (AvgIpc) is 2.48.